The van der Waals surface area contributed by atoms with Crippen LogP contribution in [-0.2, 0) is 15.9 Å². The fourth-order valence-corrected chi connectivity index (χ4v) is 2.71. The molecule has 0 aromatic heterocycles. The zero-order valence-corrected chi connectivity index (χ0v) is 14.3. The second-order valence-corrected chi connectivity index (χ2v) is 7.01. The summed E-state index contributed by atoms with van der Waals surface area (Å²) in [6.07, 6.45) is 0. The molecule has 0 bridgehead atoms. The molecule has 0 aliphatic rings. The average molecular weight is 323 g/mol. The van der Waals surface area contributed by atoms with E-state index < -0.39 is 11.2 Å². The Hall–Kier alpha value is -1.02. The van der Waals surface area contributed by atoms with Crippen LogP contribution in [-0.4, -0.2) is 0 Å². The highest BCUT2D eigenvalue weighted by molar-refractivity contribution is 6.30. The molecule has 0 aliphatic heterocycles. The van der Waals surface area contributed by atoms with Gasteiger partial charge in [0, 0.05) is 10.0 Å². The Balaban J connectivity index is 2.25. The van der Waals surface area contributed by atoms with Gasteiger partial charge in [0.2, 0.25) is 0 Å². The predicted molar refractivity (Wildman–Crippen MR) is 90.0 cm³/mol. The van der Waals surface area contributed by atoms with Crippen LogP contribution >= 0.6 is 23.2 Å². The summed E-state index contributed by atoms with van der Waals surface area (Å²) in [5.74, 6) is 0. The van der Waals surface area contributed by atoms with Gasteiger partial charge in [-0.1, -0.05) is 47.5 Å². The molecule has 0 radical (unpaired) electrons. The predicted octanol–water partition coefficient (Wildman–Crippen LogP) is 6.18. The van der Waals surface area contributed by atoms with Crippen molar-refractivity contribution in [3.8, 4) is 0 Å². The second-order valence-electron chi connectivity index (χ2n) is 6.14. The largest absolute Gasteiger partial charge is 0.360 e. The van der Waals surface area contributed by atoms with Crippen molar-refractivity contribution in [1.82, 2.24) is 0 Å². The van der Waals surface area contributed by atoms with Crippen LogP contribution in [0.4, 0.5) is 0 Å². The topological polar surface area (TPSA) is 9.23 Å². The number of hydrogen-bond acceptors (Lipinski definition) is 1. The molecule has 0 spiro atoms. The molecule has 0 saturated heterocycles. The van der Waals surface area contributed by atoms with E-state index in [0.29, 0.717) is 0 Å². The lowest BCUT2D eigenvalue weighted by atomic mass is 9.93. The van der Waals surface area contributed by atoms with Crippen molar-refractivity contribution in [3.63, 3.8) is 0 Å². The van der Waals surface area contributed by atoms with Gasteiger partial charge in [0.05, 0.1) is 11.2 Å². The standard InChI is InChI=1S/C18H20Cl2O/c1-17(2,13-5-9-15(19)10-6-13)21-18(3,4)14-7-11-16(20)12-8-14/h5-12H,1-4H3. The van der Waals surface area contributed by atoms with Crippen molar-refractivity contribution in [2.24, 2.45) is 0 Å². The van der Waals surface area contributed by atoms with Gasteiger partial charge in [-0.05, 0) is 63.1 Å². The van der Waals surface area contributed by atoms with Gasteiger partial charge in [-0.15, -0.1) is 0 Å². The summed E-state index contributed by atoms with van der Waals surface area (Å²) in [7, 11) is 0. The Morgan fingerprint density at radius 1 is 0.619 bits per heavy atom. The third-order valence-electron chi connectivity index (χ3n) is 3.59. The lowest BCUT2D eigenvalue weighted by Crippen LogP contribution is -2.33. The van der Waals surface area contributed by atoms with Crippen molar-refractivity contribution in [3.05, 3.63) is 69.7 Å². The number of ether oxygens (including phenoxy) is 1. The molecule has 0 amide bonds. The van der Waals surface area contributed by atoms with E-state index in [-0.39, 0.29) is 0 Å². The highest BCUT2D eigenvalue weighted by Crippen LogP contribution is 2.36. The van der Waals surface area contributed by atoms with Crippen LogP contribution in [0.15, 0.2) is 48.5 Å². The van der Waals surface area contributed by atoms with Crippen molar-refractivity contribution in [1.29, 1.82) is 0 Å². The number of benzene rings is 2. The number of halogens is 2. The van der Waals surface area contributed by atoms with E-state index in [9.17, 15) is 0 Å². The van der Waals surface area contributed by atoms with E-state index in [0.717, 1.165) is 21.2 Å². The zero-order chi connectivity index (χ0) is 15.7. The minimum atomic E-state index is -0.423. The van der Waals surface area contributed by atoms with Gasteiger partial charge < -0.3 is 4.74 Å². The highest BCUT2D eigenvalue weighted by Gasteiger charge is 2.31. The van der Waals surface area contributed by atoms with Gasteiger partial charge in [0.25, 0.3) is 0 Å². The molecule has 0 unspecified atom stereocenters. The summed E-state index contributed by atoms with van der Waals surface area (Å²) in [5.41, 5.74) is 1.34. The molecule has 3 heteroatoms. The smallest absolute Gasteiger partial charge is 0.0887 e. The first-order valence-electron chi connectivity index (χ1n) is 6.93. The Bertz CT molecular complexity index is 543. The fraction of sp³-hybridized carbons (Fsp3) is 0.333. The molecule has 2 aromatic carbocycles. The molecule has 0 saturated carbocycles. The number of rotatable bonds is 4. The maximum atomic E-state index is 6.39. The normalized spacial score (nSPS) is 12.5. The second kappa shape index (κ2) is 6.00. The van der Waals surface area contributed by atoms with E-state index in [1.807, 2.05) is 48.5 Å². The molecule has 112 valence electrons. The molecular weight excluding hydrogens is 303 g/mol. The van der Waals surface area contributed by atoms with Crippen LogP contribution in [0.5, 0.6) is 0 Å². The summed E-state index contributed by atoms with van der Waals surface area (Å²) in [4.78, 5) is 0. The maximum absolute atomic E-state index is 6.39. The summed E-state index contributed by atoms with van der Waals surface area (Å²) in [6, 6.07) is 15.5. The van der Waals surface area contributed by atoms with Crippen molar-refractivity contribution < 1.29 is 4.74 Å². The van der Waals surface area contributed by atoms with Crippen molar-refractivity contribution in [2.45, 2.75) is 38.9 Å². The van der Waals surface area contributed by atoms with Crippen LogP contribution in [0, 0.1) is 0 Å². The lowest BCUT2D eigenvalue weighted by molar-refractivity contribution is -0.132. The van der Waals surface area contributed by atoms with E-state index in [1.165, 1.54) is 0 Å². The Labute approximate surface area is 136 Å². The van der Waals surface area contributed by atoms with E-state index >= 15 is 0 Å². The van der Waals surface area contributed by atoms with Gasteiger partial charge in [-0.3, -0.25) is 0 Å². The molecule has 21 heavy (non-hydrogen) atoms. The Morgan fingerprint density at radius 2 is 0.905 bits per heavy atom. The number of hydrogen-bond donors (Lipinski definition) is 0. The Morgan fingerprint density at radius 3 is 1.19 bits per heavy atom. The molecule has 2 rings (SSSR count). The first-order valence-corrected chi connectivity index (χ1v) is 7.68. The van der Waals surface area contributed by atoms with Crippen molar-refractivity contribution in [2.75, 3.05) is 0 Å². The molecule has 2 aromatic rings. The minimum Gasteiger partial charge on any atom is -0.360 e. The fourth-order valence-electron chi connectivity index (χ4n) is 2.46. The molecule has 0 aliphatic carbocycles. The minimum absolute atomic E-state index is 0.423. The maximum Gasteiger partial charge on any atom is 0.0887 e. The quantitative estimate of drug-likeness (QED) is 0.653. The third kappa shape index (κ3) is 4.00. The molecule has 0 N–H and O–H groups in total. The summed E-state index contributed by atoms with van der Waals surface area (Å²) >= 11 is 11.9. The van der Waals surface area contributed by atoms with Gasteiger partial charge in [0.1, 0.15) is 0 Å². The summed E-state index contributed by atoms with van der Waals surface area (Å²) in [5, 5.41) is 1.46. The summed E-state index contributed by atoms with van der Waals surface area (Å²) < 4.78 is 6.39. The van der Waals surface area contributed by atoms with Crippen LogP contribution in [0.25, 0.3) is 0 Å². The van der Waals surface area contributed by atoms with Crippen LogP contribution in [0.3, 0.4) is 0 Å². The van der Waals surface area contributed by atoms with Gasteiger partial charge in [-0.2, -0.15) is 0 Å². The molecule has 0 fully saturated rings. The van der Waals surface area contributed by atoms with Gasteiger partial charge in [-0.25, -0.2) is 0 Å². The molecule has 0 atom stereocenters. The van der Waals surface area contributed by atoms with Gasteiger partial charge in [0.15, 0.2) is 0 Å². The van der Waals surface area contributed by atoms with E-state index in [2.05, 4.69) is 27.7 Å². The summed E-state index contributed by atoms with van der Waals surface area (Å²) in [6.45, 7) is 8.25. The highest BCUT2D eigenvalue weighted by atomic mass is 35.5. The van der Waals surface area contributed by atoms with Crippen LogP contribution < -0.4 is 0 Å². The lowest BCUT2D eigenvalue weighted by Gasteiger charge is -2.37. The average Bonchev–Trinajstić information content (AvgIpc) is 2.38. The SMILES string of the molecule is CC(C)(OC(C)(C)c1ccc(Cl)cc1)c1ccc(Cl)cc1. The first-order chi connectivity index (χ1) is 9.71. The van der Waals surface area contributed by atoms with E-state index in [1.54, 1.807) is 0 Å². The van der Waals surface area contributed by atoms with E-state index in [4.69, 9.17) is 27.9 Å². The zero-order valence-electron chi connectivity index (χ0n) is 12.8. The van der Waals surface area contributed by atoms with Crippen molar-refractivity contribution >= 4 is 23.2 Å². The van der Waals surface area contributed by atoms with Gasteiger partial charge >= 0.3 is 0 Å². The molecule has 1 nitrogen and oxygen atoms in total. The monoisotopic (exact) mass is 322 g/mol. The molecule has 0 heterocycles. The third-order valence-corrected chi connectivity index (χ3v) is 4.09. The first kappa shape index (κ1) is 16.4. The van der Waals surface area contributed by atoms with Crippen LogP contribution in [0.2, 0.25) is 10.0 Å². The molecular formula is C18H20Cl2O. The van der Waals surface area contributed by atoms with Crippen LogP contribution in [0.1, 0.15) is 38.8 Å². The Kier molecular flexibility index (Phi) is 4.67.